The topological polar surface area (TPSA) is 55.8 Å². The summed E-state index contributed by atoms with van der Waals surface area (Å²) in [6, 6.07) is 12.5. The van der Waals surface area contributed by atoms with Crippen LogP contribution in [0.1, 0.15) is 36.7 Å². The molecule has 22 heavy (non-hydrogen) atoms. The highest BCUT2D eigenvalue weighted by molar-refractivity contribution is 5.98. The van der Waals surface area contributed by atoms with Gasteiger partial charge in [-0.15, -0.1) is 0 Å². The highest BCUT2D eigenvalue weighted by Crippen LogP contribution is 2.34. The molecule has 0 aliphatic heterocycles. The van der Waals surface area contributed by atoms with E-state index in [1.165, 1.54) is 0 Å². The lowest BCUT2D eigenvalue weighted by molar-refractivity contribution is -0.274. The Bertz CT molecular complexity index is 684. The summed E-state index contributed by atoms with van der Waals surface area (Å²) < 4.78 is 0. The van der Waals surface area contributed by atoms with Crippen molar-refractivity contribution in [3.05, 3.63) is 53.6 Å². The Hall–Kier alpha value is -2.33. The van der Waals surface area contributed by atoms with Crippen LogP contribution in [0.3, 0.4) is 0 Å². The van der Waals surface area contributed by atoms with Crippen molar-refractivity contribution < 1.29 is 19.7 Å². The van der Waals surface area contributed by atoms with Gasteiger partial charge in [0.15, 0.2) is 5.75 Å². The van der Waals surface area contributed by atoms with Crippen LogP contribution in [0.2, 0.25) is 0 Å². The van der Waals surface area contributed by atoms with E-state index in [4.69, 9.17) is 9.78 Å². The summed E-state index contributed by atoms with van der Waals surface area (Å²) in [6.45, 7) is 7.54. The van der Waals surface area contributed by atoms with Gasteiger partial charge in [0.1, 0.15) is 5.60 Å². The molecule has 0 heterocycles. The summed E-state index contributed by atoms with van der Waals surface area (Å²) in [5.41, 5.74) is 2.03. The Kier molecular flexibility index (Phi) is 4.52. The SMILES string of the molecule is Cc1cccc(-c2c(OOC(C)(C)C)cccc2C(=O)O)c1. The van der Waals surface area contributed by atoms with Gasteiger partial charge in [0, 0.05) is 5.56 Å². The molecule has 0 saturated carbocycles. The molecular formula is C18H20O4. The molecule has 0 radical (unpaired) electrons. The molecule has 0 bridgehead atoms. The molecule has 4 heteroatoms. The molecule has 0 spiro atoms. The van der Waals surface area contributed by atoms with Crippen molar-refractivity contribution in [1.29, 1.82) is 0 Å². The maximum Gasteiger partial charge on any atom is 0.336 e. The zero-order valence-corrected chi connectivity index (χ0v) is 13.2. The van der Waals surface area contributed by atoms with Crippen LogP contribution in [0, 0.1) is 6.92 Å². The van der Waals surface area contributed by atoms with E-state index in [0.29, 0.717) is 11.3 Å². The number of rotatable bonds is 4. The van der Waals surface area contributed by atoms with Crippen LogP contribution < -0.4 is 4.89 Å². The van der Waals surface area contributed by atoms with Gasteiger partial charge in [0.2, 0.25) is 0 Å². The van der Waals surface area contributed by atoms with Crippen molar-refractivity contribution >= 4 is 5.97 Å². The normalized spacial score (nSPS) is 11.3. The van der Waals surface area contributed by atoms with E-state index in [0.717, 1.165) is 11.1 Å². The van der Waals surface area contributed by atoms with E-state index < -0.39 is 11.6 Å². The molecule has 2 aromatic carbocycles. The fraction of sp³-hybridized carbons (Fsp3) is 0.278. The summed E-state index contributed by atoms with van der Waals surface area (Å²) in [5.74, 6) is -0.613. The molecule has 2 rings (SSSR count). The van der Waals surface area contributed by atoms with Crippen LogP contribution in [-0.2, 0) is 4.89 Å². The van der Waals surface area contributed by atoms with Gasteiger partial charge in [-0.05, 0) is 45.4 Å². The number of carboxylic acid groups (broad SMARTS) is 1. The molecule has 0 fully saturated rings. The lowest BCUT2D eigenvalue weighted by Crippen LogP contribution is -2.21. The van der Waals surface area contributed by atoms with Crippen LogP contribution >= 0.6 is 0 Å². The van der Waals surface area contributed by atoms with E-state index >= 15 is 0 Å². The Morgan fingerprint density at radius 3 is 2.36 bits per heavy atom. The van der Waals surface area contributed by atoms with Crippen molar-refractivity contribution in [2.45, 2.75) is 33.3 Å². The molecule has 0 saturated heterocycles. The minimum atomic E-state index is -1.00. The molecule has 116 valence electrons. The monoisotopic (exact) mass is 300 g/mol. The summed E-state index contributed by atoms with van der Waals surface area (Å²) in [7, 11) is 0. The molecule has 0 aromatic heterocycles. The van der Waals surface area contributed by atoms with Gasteiger partial charge in [0.25, 0.3) is 0 Å². The standard InChI is InChI=1S/C18H20O4/c1-12-7-5-8-13(11-12)16-14(17(19)20)9-6-10-15(16)21-22-18(2,3)4/h5-11H,1-4H3,(H,19,20). The Balaban J connectivity index is 2.54. The minimum Gasteiger partial charge on any atom is -0.478 e. The third kappa shape index (κ3) is 3.86. The highest BCUT2D eigenvalue weighted by Gasteiger charge is 2.20. The fourth-order valence-electron chi connectivity index (χ4n) is 2.05. The van der Waals surface area contributed by atoms with Crippen molar-refractivity contribution in [3.63, 3.8) is 0 Å². The van der Waals surface area contributed by atoms with Gasteiger partial charge in [-0.2, -0.15) is 4.89 Å². The van der Waals surface area contributed by atoms with Crippen molar-refractivity contribution in [2.24, 2.45) is 0 Å². The molecule has 0 amide bonds. The molecular weight excluding hydrogens is 280 g/mol. The molecule has 2 aromatic rings. The summed E-state index contributed by atoms with van der Waals surface area (Å²) >= 11 is 0. The van der Waals surface area contributed by atoms with E-state index in [9.17, 15) is 9.90 Å². The number of benzene rings is 2. The second-order valence-corrected chi connectivity index (χ2v) is 6.13. The summed E-state index contributed by atoms with van der Waals surface area (Å²) in [6.07, 6.45) is 0. The fourth-order valence-corrected chi connectivity index (χ4v) is 2.05. The van der Waals surface area contributed by atoms with Gasteiger partial charge in [-0.1, -0.05) is 35.9 Å². The molecule has 1 N–H and O–H groups in total. The van der Waals surface area contributed by atoms with Gasteiger partial charge < -0.3 is 9.99 Å². The number of hydrogen-bond donors (Lipinski definition) is 1. The smallest absolute Gasteiger partial charge is 0.336 e. The van der Waals surface area contributed by atoms with Gasteiger partial charge in [-0.3, -0.25) is 0 Å². The first-order valence-electron chi connectivity index (χ1n) is 7.07. The maximum atomic E-state index is 11.5. The minimum absolute atomic E-state index is 0.181. The number of hydrogen-bond acceptors (Lipinski definition) is 3. The summed E-state index contributed by atoms with van der Waals surface area (Å²) in [5, 5.41) is 9.45. The van der Waals surface area contributed by atoms with Crippen LogP contribution in [0.25, 0.3) is 11.1 Å². The lowest BCUT2D eigenvalue weighted by Gasteiger charge is -2.20. The predicted molar refractivity (Wildman–Crippen MR) is 85.0 cm³/mol. The largest absolute Gasteiger partial charge is 0.478 e. The first kappa shape index (κ1) is 16.0. The van der Waals surface area contributed by atoms with Gasteiger partial charge in [-0.25, -0.2) is 4.79 Å². The molecule has 0 unspecified atom stereocenters. The van der Waals surface area contributed by atoms with E-state index in [2.05, 4.69) is 0 Å². The third-order valence-electron chi connectivity index (χ3n) is 2.94. The average Bonchev–Trinajstić information content (AvgIpc) is 2.43. The molecule has 4 nitrogen and oxygen atoms in total. The summed E-state index contributed by atoms with van der Waals surface area (Å²) in [4.78, 5) is 22.3. The lowest BCUT2D eigenvalue weighted by atomic mass is 9.97. The first-order chi connectivity index (χ1) is 10.3. The first-order valence-corrected chi connectivity index (χ1v) is 7.07. The second-order valence-electron chi connectivity index (χ2n) is 6.13. The molecule has 0 aliphatic carbocycles. The maximum absolute atomic E-state index is 11.5. The predicted octanol–water partition coefficient (Wildman–Crippen LogP) is 4.47. The second kappa shape index (κ2) is 6.20. The van der Waals surface area contributed by atoms with Crippen molar-refractivity contribution in [2.75, 3.05) is 0 Å². The van der Waals surface area contributed by atoms with Gasteiger partial charge >= 0.3 is 5.97 Å². The number of aryl methyl sites for hydroxylation is 1. The Morgan fingerprint density at radius 2 is 1.77 bits per heavy atom. The van der Waals surface area contributed by atoms with Crippen molar-refractivity contribution in [1.82, 2.24) is 0 Å². The Labute approximate surface area is 130 Å². The highest BCUT2D eigenvalue weighted by atomic mass is 17.2. The van der Waals surface area contributed by atoms with Crippen molar-refractivity contribution in [3.8, 4) is 16.9 Å². The zero-order valence-electron chi connectivity index (χ0n) is 13.2. The number of aromatic carboxylic acids is 1. The zero-order chi connectivity index (χ0) is 16.3. The third-order valence-corrected chi connectivity index (χ3v) is 2.94. The van der Waals surface area contributed by atoms with Gasteiger partial charge in [0.05, 0.1) is 5.56 Å². The van der Waals surface area contributed by atoms with E-state index in [1.807, 2.05) is 52.0 Å². The Morgan fingerprint density at radius 1 is 1.09 bits per heavy atom. The van der Waals surface area contributed by atoms with Crippen LogP contribution in [0.4, 0.5) is 0 Å². The quantitative estimate of drug-likeness (QED) is 0.668. The van der Waals surface area contributed by atoms with E-state index in [-0.39, 0.29) is 5.56 Å². The number of carbonyl (C=O) groups is 1. The van der Waals surface area contributed by atoms with Crippen LogP contribution in [0.15, 0.2) is 42.5 Å². The number of carboxylic acids is 1. The molecule has 0 atom stereocenters. The van der Waals surface area contributed by atoms with E-state index in [1.54, 1.807) is 18.2 Å². The average molecular weight is 300 g/mol. The van der Waals surface area contributed by atoms with Crippen LogP contribution in [-0.4, -0.2) is 16.7 Å². The molecule has 0 aliphatic rings. The van der Waals surface area contributed by atoms with Crippen LogP contribution in [0.5, 0.6) is 5.75 Å².